The van der Waals surface area contributed by atoms with Crippen LogP contribution in [0, 0.1) is 0 Å². The van der Waals surface area contributed by atoms with Gasteiger partial charge in [0.1, 0.15) is 66.0 Å². The number of hydrogen-bond donors (Lipinski definition) is 5. The van der Waals surface area contributed by atoms with Crippen molar-refractivity contribution < 1.29 is 29.0 Å². The molecule has 0 radical (unpaired) electrons. The number of fused-ring (bicyclic) bond motifs is 1. The molecule has 7 N–H and O–H groups in total. The van der Waals surface area contributed by atoms with E-state index in [4.69, 9.17) is 25.5 Å². The summed E-state index contributed by atoms with van der Waals surface area (Å²) in [7, 11) is 0. The number of hydrogen-bond acceptors (Lipinski definition) is 10. The van der Waals surface area contributed by atoms with Crippen molar-refractivity contribution in [3.8, 4) is 0 Å². The van der Waals surface area contributed by atoms with E-state index in [9.17, 15) is 15.0 Å². The van der Waals surface area contributed by atoms with Gasteiger partial charge in [-0.1, -0.05) is 0 Å². The monoisotopic (exact) mass is 415 g/mol. The van der Waals surface area contributed by atoms with E-state index in [0.717, 1.165) is 0 Å². The van der Waals surface area contributed by atoms with Crippen molar-refractivity contribution in [2.24, 2.45) is 5.73 Å². The zero-order chi connectivity index (χ0) is 20.4. The fourth-order valence-electron chi connectivity index (χ4n) is 2.81. The Bertz CT molecular complexity index is 836. The molecule has 2 aromatic heterocycles. The first-order valence-corrected chi connectivity index (χ1v) is 10.2. The lowest BCUT2D eigenvalue weighted by molar-refractivity contribution is -0.138. The van der Waals surface area contributed by atoms with Crippen LogP contribution in [0.2, 0.25) is 0 Å². The highest BCUT2D eigenvalue weighted by Crippen LogP contribution is 2.32. The predicted molar refractivity (Wildman–Crippen MR) is 100.0 cm³/mol. The maximum atomic E-state index is 10.8. The van der Waals surface area contributed by atoms with Gasteiger partial charge in [-0.3, -0.25) is 9.36 Å². The summed E-state index contributed by atoms with van der Waals surface area (Å²) in [6.07, 6.45) is 0.669. The average Bonchev–Trinajstić information content (AvgIpc) is 3.21. The number of carboxylic acids is 1. The van der Waals surface area contributed by atoms with Crippen molar-refractivity contribution in [1.29, 1.82) is 0 Å². The van der Waals surface area contributed by atoms with Crippen molar-refractivity contribution in [1.82, 2.24) is 19.5 Å². The number of nitrogens with two attached hydrogens (primary N) is 2. The molecule has 0 aromatic carbocycles. The number of ether oxygens (including phenoxy) is 1. The molecule has 1 aliphatic rings. The average molecular weight is 415 g/mol. The van der Waals surface area contributed by atoms with Crippen LogP contribution in [0.3, 0.4) is 0 Å². The Balaban J connectivity index is 1.61. The molecule has 0 spiro atoms. The summed E-state index contributed by atoms with van der Waals surface area (Å²) in [5.74, 6) is -0.397. The van der Waals surface area contributed by atoms with E-state index in [1.807, 2.05) is 0 Å². The van der Waals surface area contributed by atoms with Gasteiger partial charge in [0, 0.05) is 6.42 Å². The molecule has 2 aromatic rings. The van der Waals surface area contributed by atoms with Crippen molar-refractivity contribution >= 4 is 34.1 Å². The topological polar surface area (TPSA) is 192 Å². The highest BCUT2D eigenvalue weighted by Gasteiger charge is 2.45. The van der Waals surface area contributed by atoms with Crippen LogP contribution in [0.1, 0.15) is 12.6 Å². The highest BCUT2D eigenvalue weighted by molar-refractivity contribution is 7.91. The maximum Gasteiger partial charge on any atom is 0.320 e. The van der Waals surface area contributed by atoms with Gasteiger partial charge in [0.25, 0.3) is 0 Å². The minimum atomic E-state index is -1.22. The molecule has 6 atom stereocenters. The van der Waals surface area contributed by atoms with Crippen LogP contribution in [-0.4, -0.2) is 83.8 Å². The Morgan fingerprint density at radius 2 is 2.14 bits per heavy atom. The number of carboxylic acid groups (broad SMARTS) is 1. The lowest BCUT2D eigenvalue weighted by Gasteiger charge is -2.16. The third-order valence-corrected chi connectivity index (χ3v) is 5.81. The first-order valence-electron chi connectivity index (χ1n) is 8.48. The molecule has 3 rings (SSSR count). The standard InChI is InChI=1S/C15H22N6O6S/c1-28(3-2-7(16)15(24)25)26-4-8-10(22)11(23)14(27-8)21-6-20-9-12(17)18-5-19-13(9)21/h5-8,10-11,14,22-23H,2-4,16H2,1H3,(H2-,17,18,19,24,25)/p+1. The quantitative estimate of drug-likeness (QED) is 0.300. The molecule has 0 aliphatic carbocycles. The van der Waals surface area contributed by atoms with Crippen LogP contribution in [-0.2, 0) is 24.9 Å². The van der Waals surface area contributed by atoms with E-state index in [1.54, 1.807) is 6.26 Å². The summed E-state index contributed by atoms with van der Waals surface area (Å²) in [5.41, 5.74) is 12.0. The van der Waals surface area contributed by atoms with Crippen LogP contribution < -0.4 is 11.5 Å². The molecule has 3 heterocycles. The number of aliphatic carboxylic acids is 1. The molecule has 1 fully saturated rings. The zero-order valence-electron chi connectivity index (χ0n) is 15.1. The molecule has 13 heteroatoms. The fraction of sp³-hybridized carbons (Fsp3) is 0.600. The molecule has 1 aliphatic heterocycles. The Morgan fingerprint density at radius 3 is 2.86 bits per heavy atom. The Labute approximate surface area is 163 Å². The van der Waals surface area contributed by atoms with E-state index in [2.05, 4.69) is 15.0 Å². The van der Waals surface area contributed by atoms with E-state index < -0.39 is 47.7 Å². The Morgan fingerprint density at radius 1 is 1.39 bits per heavy atom. The van der Waals surface area contributed by atoms with Crippen LogP contribution in [0.4, 0.5) is 5.82 Å². The maximum absolute atomic E-state index is 10.8. The number of aliphatic hydroxyl groups is 2. The van der Waals surface area contributed by atoms with Gasteiger partial charge in [-0.05, 0) is 0 Å². The van der Waals surface area contributed by atoms with Gasteiger partial charge in [-0.25, -0.2) is 15.0 Å². The van der Waals surface area contributed by atoms with Gasteiger partial charge in [0.05, 0.1) is 6.33 Å². The van der Waals surface area contributed by atoms with Crippen molar-refractivity contribution in [2.45, 2.75) is 37.0 Å². The zero-order valence-corrected chi connectivity index (χ0v) is 15.9. The number of nitrogens with zero attached hydrogens (tertiary/aromatic N) is 4. The van der Waals surface area contributed by atoms with Crippen molar-refractivity contribution in [3.63, 3.8) is 0 Å². The Kier molecular flexibility index (Phi) is 6.32. The minimum absolute atomic E-state index is 0.0282. The molecular weight excluding hydrogens is 392 g/mol. The predicted octanol–water partition coefficient (Wildman–Crippen LogP) is -1.99. The van der Waals surface area contributed by atoms with Gasteiger partial charge in [-0.15, -0.1) is 0 Å². The molecule has 12 nitrogen and oxygen atoms in total. The van der Waals surface area contributed by atoms with Gasteiger partial charge >= 0.3 is 5.97 Å². The van der Waals surface area contributed by atoms with E-state index in [-0.39, 0.29) is 18.8 Å². The molecule has 0 amide bonds. The molecule has 6 unspecified atom stereocenters. The molecule has 0 saturated carbocycles. The largest absolute Gasteiger partial charge is 0.480 e. The van der Waals surface area contributed by atoms with Crippen LogP contribution >= 0.6 is 0 Å². The lowest BCUT2D eigenvalue weighted by atomic mass is 10.1. The van der Waals surface area contributed by atoms with Gasteiger partial charge in [-0.2, -0.15) is 4.18 Å². The van der Waals surface area contributed by atoms with Crippen molar-refractivity contribution in [2.75, 3.05) is 24.3 Å². The lowest BCUT2D eigenvalue weighted by Crippen LogP contribution is -2.35. The van der Waals surface area contributed by atoms with Crippen molar-refractivity contribution in [3.05, 3.63) is 12.7 Å². The second-order valence-corrected chi connectivity index (χ2v) is 8.21. The third kappa shape index (κ3) is 4.19. The molecular formula is C15H23N6O6S+. The van der Waals surface area contributed by atoms with Crippen LogP contribution in [0.5, 0.6) is 0 Å². The number of aromatic nitrogens is 4. The third-order valence-electron chi connectivity index (χ3n) is 4.47. The normalized spacial score (nSPS) is 27.1. The highest BCUT2D eigenvalue weighted by atomic mass is 32.2. The van der Waals surface area contributed by atoms with Crippen LogP contribution in [0.15, 0.2) is 12.7 Å². The number of anilines is 1. The first-order chi connectivity index (χ1) is 13.3. The van der Waals surface area contributed by atoms with E-state index in [1.165, 1.54) is 17.2 Å². The summed E-state index contributed by atoms with van der Waals surface area (Å²) in [4.78, 5) is 22.8. The number of rotatable bonds is 8. The molecule has 1 saturated heterocycles. The molecule has 154 valence electrons. The minimum Gasteiger partial charge on any atom is -0.480 e. The number of carbonyl (C=O) groups is 1. The fourth-order valence-corrected chi connectivity index (χ4v) is 3.88. The summed E-state index contributed by atoms with van der Waals surface area (Å²) in [6, 6.07) is -0.943. The number of imidazole rings is 1. The van der Waals surface area contributed by atoms with E-state index >= 15 is 0 Å². The second kappa shape index (κ2) is 8.55. The number of nitrogen functional groups attached to an aromatic ring is 1. The SMILES string of the molecule is C[S+](CCC(N)C(=O)O)OCC1OC(n2cnc3c(N)ncnc32)C(O)C1O. The van der Waals surface area contributed by atoms with Crippen LogP contribution in [0.25, 0.3) is 11.2 Å². The molecule has 28 heavy (non-hydrogen) atoms. The second-order valence-electron chi connectivity index (χ2n) is 6.42. The van der Waals surface area contributed by atoms with Gasteiger partial charge in [0.15, 0.2) is 17.7 Å². The smallest absolute Gasteiger partial charge is 0.320 e. The number of aliphatic hydroxyl groups excluding tert-OH is 2. The van der Waals surface area contributed by atoms with Gasteiger partial charge < -0.3 is 31.5 Å². The summed E-state index contributed by atoms with van der Waals surface area (Å²) >= 11 is -0.575. The summed E-state index contributed by atoms with van der Waals surface area (Å²) in [5, 5.41) is 29.5. The summed E-state index contributed by atoms with van der Waals surface area (Å²) in [6.45, 7) is 0.0282. The van der Waals surface area contributed by atoms with E-state index in [0.29, 0.717) is 16.9 Å². The Hall–Kier alpha value is -2.03. The molecule has 0 bridgehead atoms. The van der Waals surface area contributed by atoms with Gasteiger partial charge in [0.2, 0.25) is 0 Å². The first kappa shape index (κ1) is 20.7. The summed E-state index contributed by atoms with van der Waals surface area (Å²) < 4.78 is 12.9.